The van der Waals surface area contributed by atoms with Gasteiger partial charge in [-0.05, 0) is 38.2 Å². The van der Waals surface area contributed by atoms with E-state index in [0.717, 1.165) is 22.6 Å². The van der Waals surface area contributed by atoms with Crippen LogP contribution in [0.25, 0.3) is 21.8 Å². The first-order valence-corrected chi connectivity index (χ1v) is 10.4. The molecule has 0 saturated carbocycles. The molecule has 1 aromatic carbocycles. The Hall–Kier alpha value is -2.62. The van der Waals surface area contributed by atoms with E-state index in [4.69, 9.17) is 0 Å². The predicted molar refractivity (Wildman–Crippen MR) is 106 cm³/mol. The number of pyridine rings is 1. The molecule has 0 aliphatic heterocycles. The van der Waals surface area contributed by atoms with Gasteiger partial charge in [0.25, 0.3) is 10.0 Å². The van der Waals surface area contributed by atoms with Gasteiger partial charge < -0.3 is 5.32 Å². The van der Waals surface area contributed by atoms with Crippen molar-refractivity contribution in [3.05, 3.63) is 48.3 Å². The van der Waals surface area contributed by atoms with E-state index in [1.165, 1.54) is 14.0 Å². The number of aryl methyl sites for hydroxylation is 1. The van der Waals surface area contributed by atoms with Crippen molar-refractivity contribution in [3.63, 3.8) is 0 Å². The first-order valence-electron chi connectivity index (χ1n) is 8.06. The van der Waals surface area contributed by atoms with Crippen LogP contribution in [0.1, 0.15) is 12.6 Å². The highest BCUT2D eigenvalue weighted by molar-refractivity contribution is 7.91. The smallest absolute Gasteiger partial charge is 0.251 e. The highest BCUT2D eigenvalue weighted by Gasteiger charge is 2.22. The van der Waals surface area contributed by atoms with E-state index in [0.29, 0.717) is 22.0 Å². The van der Waals surface area contributed by atoms with E-state index in [1.54, 1.807) is 19.2 Å². The molecule has 2 heterocycles. The summed E-state index contributed by atoms with van der Waals surface area (Å²) in [5, 5.41) is 3.28. The van der Waals surface area contributed by atoms with Crippen molar-refractivity contribution >= 4 is 33.0 Å². The van der Waals surface area contributed by atoms with Gasteiger partial charge in [-0.15, -0.1) is 11.3 Å². The number of anilines is 1. The zero-order chi connectivity index (χ0) is 19.6. The van der Waals surface area contributed by atoms with Crippen molar-refractivity contribution in [2.75, 3.05) is 12.4 Å². The Morgan fingerprint density at radius 1 is 1.19 bits per heavy atom. The van der Waals surface area contributed by atoms with Crippen molar-refractivity contribution < 1.29 is 13.2 Å². The van der Waals surface area contributed by atoms with E-state index in [9.17, 15) is 13.2 Å². The Balaban J connectivity index is 2.18. The minimum absolute atomic E-state index is 0.150. The lowest BCUT2D eigenvalue weighted by atomic mass is 10.1. The van der Waals surface area contributed by atoms with Gasteiger partial charge in [-0.1, -0.05) is 12.1 Å². The molecule has 1 amide bonds. The molecule has 2 aromatic heterocycles. The molecule has 0 radical (unpaired) electrons. The lowest BCUT2D eigenvalue weighted by Crippen LogP contribution is -2.18. The first-order chi connectivity index (χ1) is 12.8. The van der Waals surface area contributed by atoms with E-state index < -0.39 is 10.0 Å². The van der Waals surface area contributed by atoms with Crippen LogP contribution in [0.2, 0.25) is 0 Å². The van der Waals surface area contributed by atoms with Crippen LogP contribution in [-0.2, 0) is 14.8 Å². The molecule has 0 unspecified atom stereocenters. The molecule has 7 nitrogen and oxygen atoms in total. The summed E-state index contributed by atoms with van der Waals surface area (Å²) in [5.41, 5.74) is 3.21. The summed E-state index contributed by atoms with van der Waals surface area (Å²) >= 11 is 1.06. The number of sulfonamides is 1. The van der Waals surface area contributed by atoms with Crippen LogP contribution in [0.4, 0.5) is 5.69 Å². The zero-order valence-electron chi connectivity index (χ0n) is 15.0. The van der Waals surface area contributed by atoms with Crippen LogP contribution in [0.5, 0.6) is 0 Å². The van der Waals surface area contributed by atoms with E-state index in [-0.39, 0.29) is 10.1 Å². The molecule has 0 spiro atoms. The topological polar surface area (TPSA) is 101 Å². The first kappa shape index (κ1) is 19.2. The van der Waals surface area contributed by atoms with Gasteiger partial charge in [-0.2, -0.15) is 0 Å². The van der Waals surface area contributed by atoms with E-state index in [2.05, 4.69) is 20.0 Å². The number of rotatable bonds is 5. The summed E-state index contributed by atoms with van der Waals surface area (Å²) in [7, 11) is -2.25. The largest absolute Gasteiger partial charge is 0.326 e. The maximum atomic E-state index is 12.2. The number of hydrogen-bond acceptors (Lipinski definition) is 6. The Morgan fingerprint density at radius 3 is 2.59 bits per heavy atom. The zero-order valence-corrected chi connectivity index (χ0v) is 16.6. The molecule has 9 heteroatoms. The maximum absolute atomic E-state index is 12.2. The summed E-state index contributed by atoms with van der Waals surface area (Å²) in [4.78, 5) is 20.3. The minimum Gasteiger partial charge on any atom is -0.326 e. The van der Waals surface area contributed by atoms with Crippen molar-refractivity contribution in [3.8, 4) is 21.8 Å². The third-order valence-electron chi connectivity index (χ3n) is 3.79. The molecule has 0 atom stereocenters. The Labute approximate surface area is 161 Å². The molecular formula is C18H18N4O3S2. The second-order valence-corrected chi connectivity index (χ2v) is 8.84. The number of carbonyl (C=O) groups excluding carboxylic acids is 1. The van der Waals surface area contributed by atoms with E-state index in [1.807, 2.05) is 30.3 Å². The monoisotopic (exact) mass is 402 g/mol. The Kier molecular flexibility index (Phi) is 5.36. The fourth-order valence-electron chi connectivity index (χ4n) is 2.55. The van der Waals surface area contributed by atoms with Gasteiger partial charge in [0.15, 0.2) is 4.21 Å². The van der Waals surface area contributed by atoms with Gasteiger partial charge in [0.1, 0.15) is 5.01 Å². The normalized spacial score (nSPS) is 11.4. The molecular weight excluding hydrogens is 384 g/mol. The van der Waals surface area contributed by atoms with Crippen LogP contribution in [0.3, 0.4) is 0 Å². The average molecular weight is 403 g/mol. The molecule has 3 rings (SSSR count). The van der Waals surface area contributed by atoms with Crippen molar-refractivity contribution in [2.45, 2.75) is 18.1 Å². The lowest BCUT2D eigenvalue weighted by molar-refractivity contribution is -0.114. The Morgan fingerprint density at radius 2 is 1.96 bits per heavy atom. The summed E-state index contributed by atoms with van der Waals surface area (Å²) in [6.45, 7) is 3.06. The molecule has 0 saturated heterocycles. The standard InChI is InChI=1S/C18H18N4O3S2/c1-11-18(27(24,25)19-3)26-17(21-11)14-10-13(15-6-4-5-9-20-15)7-8-16(14)22-12(2)23/h4-10,19H,1-3H3,(H,22,23). The van der Waals surface area contributed by atoms with Crippen LogP contribution in [0, 0.1) is 6.92 Å². The van der Waals surface area contributed by atoms with Crippen LogP contribution in [-0.4, -0.2) is 31.3 Å². The SMILES string of the molecule is CNS(=O)(=O)c1sc(-c2cc(-c3ccccn3)ccc2NC(C)=O)nc1C. The number of aromatic nitrogens is 2. The lowest BCUT2D eigenvalue weighted by Gasteiger charge is -2.10. The highest BCUT2D eigenvalue weighted by Crippen LogP contribution is 2.37. The molecule has 27 heavy (non-hydrogen) atoms. The number of nitrogens with zero attached hydrogens (tertiary/aromatic N) is 2. The van der Waals surface area contributed by atoms with Gasteiger partial charge in [-0.3, -0.25) is 9.78 Å². The third kappa shape index (κ3) is 4.05. The number of thiazole rings is 1. The molecule has 140 valence electrons. The van der Waals surface area contributed by atoms with Gasteiger partial charge >= 0.3 is 0 Å². The van der Waals surface area contributed by atoms with Crippen molar-refractivity contribution in [2.24, 2.45) is 0 Å². The van der Waals surface area contributed by atoms with Gasteiger partial charge in [0.2, 0.25) is 5.91 Å². The van der Waals surface area contributed by atoms with Gasteiger partial charge in [0, 0.05) is 24.2 Å². The highest BCUT2D eigenvalue weighted by atomic mass is 32.2. The second-order valence-electron chi connectivity index (χ2n) is 5.76. The number of carbonyl (C=O) groups is 1. The van der Waals surface area contributed by atoms with Crippen LogP contribution in [0.15, 0.2) is 46.8 Å². The van der Waals surface area contributed by atoms with Crippen LogP contribution < -0.4 is 10.0 Å². The average Bonchev–Trinajstić information content (AvgIpc) is 3.05. The number of benzene rings is 1. The van der Waals surface area contributed by atoms with Crippen LogP contribution >= 0.6 is 11.3 Å². The fraction of sp³-hybridized carbons (Fsp3) is 0.167. The van der Waals surface area contributed by atoms with Crippen molar-refractivity contribution in [1.29, 1.82) is 0 Å². The third-order valence-corrected chi connectivity index (χ3v) is 7.00. The second kappa shape index (κ2) is 7.55. The minimum atomic E-state index is -3.61. The van der Waals surface area contributed by atoms with E-state index >= 15 is 0 Å². The number of hydrogen-bond donors (Lipinski definition) is 2. The summed E-state index contributed by atoms with van der Waals surface area (Å²) in [5.74, 6) is -0.224. The van der Waals surface area contributed by atoms with Crippen molar-refractivity contribution in [1.82, 2.24) is 14.7 Å². The number of amides is 1. The molecule has 3 aromatic rings. The van der Waals surface area contributed by atoms with Gasteiger partial charge in [-0.25, -0.2) is 18.1 Å². The Bertz CT molecular complexity index is 1090. The molecule has 0 aliphatic rings. The van der Waals surface area contributed by atoms with Gasteiger partial charge in [0.05, 0.1) is 17.1 Å². The predicted octanol–water partition coefficient (Wildman–Crippen LogP) is 3.05. The molecule has 0 fully saturated rings. The quantitative estimate of drug-likeness (QED) is 0.683. The summed E-state index contributed by atoms with van der Waals surface area (Å²) in [6, 6.07) is 11.1. The maximum Gasteiger partial charge on any atom is 0.251 e. The molecule has 0 aliphatic carbocycles. The molecule has 2 N–H and O–H groups in total. The summed E-state index contributed by atoms with van der Waals surface area (Å²) < 4.78 is 26.9. The number of nitrogens with one attached hydrogen (secondary N) is 2. The fourth-order valence-corrected chi connectivity index (χ4v) is 4.93. The molecule has 0 bridgehead atoms. The summed E-state index contributed by atoms with van der Waals surface area (Å²) in [6.07, 6.45) is 1.70.